The van der Waals surface area contributed by atoms with E-state index >= 15 is 0 Å². The second-order valence-electron chi connectivity index (χ2n) is 4.98. The van der Waals surface area contributed by atoms with Gasteiger partial charge in [0, 0.05) is 0 Å². The van der Waals surface area contributed by atoms with Crippen molar-refractivity contribution in [2.45, 2.75) is 64.2 Å². The summed E-state index contributed by atoms with van der Waals surface area (Å²) < 4.78 is 22.6. The SMILES string of the molecule is CC(C)O[C@@H]1O[C@H](CO)[C@H]2OC(C)(C)O[C@@H]12. The number of fused-ring (bicyclic) bond motifs is 1. The zero-order chi connectivity index (χ0) is 11.9. The van der Waals surface area contributed by atoms with E-state index in [1.54, 1.807) is 0 Å². The maximum absolute atomic E-state index is 9.22. The van der Waals surface area contributed by atoms with Crippen molar-refractivity contribution in [3.8, 4) is 0 Å². The highest BCUT2D eigenvalue weighted by molar-refractivity contribution is 4.94. The third-order valence-electron chi connectivity index (χ3n) is 2.69. The Balaban J connectivity index is 2.08. The first-order valence-electron chi connectivity index (χ1n) is 5.70. The minimum atomic E-state index is -0.634. The van der Waals surface area contributed by atoms with Crippen molar-refractivity contribution in [3.05, 3.63) is 0 Å². The van der Waals surface area contributed by atoms with E-state index in [0.717, 1.165) is 0 Å². The molecule has 0 aliphatic carbocycles. The summed E-state index contributed by atoms with van der Waals surface area (Å²) in [5, 5.41) is 9.22. The van der Waals surface area contributed by atoms with Crippen LogP contribution in [0.15, 0.2) is 0 Å². The number of hydrogen-bond acceptors (Lipinski definition) is 5. The summed E-state index contributed by atoms with van der Waals surface area (Å²) in [5.74, 6) is -0.634. The molecule has 0 radical (unpaired) electrons. The van der Waals surface area contributed by atoms with Crippen molar-refractivity contribution >= 4 is 0 Å². The van der Waals surface area contributed by atoms with Gasteiger partial charge in [0.15, 0.2) is 12.1 Å². The standard InChI is InChI=1S/C11H20O5/c1-6(2)13-10-9-8(7(5-12)14-10)15-11(3,4)16-9/h6-10,12H,5H2,1-4H3/t7-,8-,9-,10-/m1/s1. The van der Waals surface area contributed by atoms with Crippen LogP contribution in [0, 0.1) is 0 Å². The second kappa shape index (κ2) is 4.23. The average Bonchev–Trinajstić information content (AvgIpc) is 2.60. The fourth-order valence-corrected chi connectivity index (χ4v) is 2.17. The fraction of sp³-hybridized carbons (Fsp3) is 1.00. The normalized spacial score (nSPS) is 41.6. The molecule has 0 bridgehead atoms. The van der Waals surface area contributed by atoms with E-state index in [2.05, 4.69) is 0 Å². The van der Waals surface area contributed by atoms with Gasteiger partial charge in [-0.2, -0.15) is 0 Å². The van der Waals surface area contributed by atoms with Crippen molar-refractivity contribution < 1.29 is 24.1 Å². The number of aliphatic hydroxyl groups is 1. The van der Waals surface area contributed by atoms with Crippen molar-refractivity contribution in [1.82, 2.24) is 0 Å². The lowest BCUT2D eigenvalue weighted by molar-refractivity contribution is -0.244. The van der Waals surface area contributed by atoms with Crippen LogP contribution < -0.4 is 0 Å². The number of rotatable bonds is 3. The van der Waals surface area contributed by atoms with Crippen LogP contribution >= 0.6 is 0 Å². The molecule has 0 aromatic carbocycles. The molecule has 2 fully saturated rings. The Morgan fingerprint density at radius 3 is 2.44 bits per heavy atom. The molecule has 2 aliphatic rings. The zero-order valence-corrected chi connectivity index (χ0v) is 10.2. The van der Waals surface area contributed by atoms with Crippen molar-refractivity contribution in [1.29, 1.82) is 0 Å². The Bertz CT molecular complexity index is 253. The summed E-state index contributed by atoms with van der Waals surface area (Å²) >= 11 is 0. The van der Waals surface area contributed by atoms with E-state index in [-0.39, 0.29) is 31.0 Å². The summed E-state index contributed by atoms with van der Waals surface area (Å²) in [6.07, 6.45) is -1.27. The maximum Gasteiger partial charge on any atom is 0.187 e. The van der Waals surface area contributed by atoms with Crippen LogP contribution in [0.3, 0.4) is 0 Å². The summed E-state index contributed by atoms with van der Waals surface area (Å²) in [6.45, 7) is 7.49. The summed E-state index contributed by atoms with van der Waals surface area (Å²) in [4.78, 5) is 0. The van der Waals surface area contributed by atoms with Crippen LogP contribution in [-0.2, 0) is 18.9 Å². The summed E-state index contributed by atoms with van der Waals surface area (Å²) in [5.41, 5.74) is 0. The van der Waals surface area contributed by atoms with Crippen molar-refractivity contribution in [2.75, 3.05) is 6.61 Å². The van der Waals surface area contributed by atoms with Crippen LogP contribution in [-0.4, -0.2) is 48.2 Å². The van der Waals surface area contributed by atoms with Gasteiger partial charge in [-0.15, -0.1) is 0 Å². The molecular weight excluding hydrogens is 212 g/mol. The van der Waals surface area contributed by atoms with Crippen LogP contribution in [0.5, 0.6) is 0 Å². The monoisotopic (exact) mass is 232 g/mol. The van der Waals surface area contributed by atoms with E-state index in [9.17, 15) is 5.11 Å². The van der Waals surface area contributed by atoms with Gasteiger partial charge in [0.1, 0.15) is 18.3 Å². The predicted molar refractivity (Wildman–Crippen MR) is 55.8 cm³/mol. The Labute approximate surface area is 95.6 Å². The van der Waals surface area contributed by atoms with Gasteiger partial charge in [0.05, 0.1) is 12.7 Å². The highest BCUT2D eigenvalue weighted by Gasteiger charge is 2.55. The third-order valence-corrected chi connectivity index (χ3v) is 2.69. The maximum atomic E-state index is 9.22. The first-order valence-corrected chi connectivity index (χ1v) is 5.70. The lowest BCUT2D eigenvalue weighted by atomic mass is 10.1. The van der Waals surface area contributed by atoms with Gasteiger partial charge in [-0.05, 0) is 27.7 Å². The third kappa shape index (κ3) is 2.24. The highest BCUT2D eigenvalue weighted by Crippen LogP contribution is 2.39. The first kappa shape index (κ1) is 12.3. The van der Waals surface area contributed by atoms with Gasteiger partial charge in [0.2, 0.25) is 0 Å². The molecule has 0 spiro atoms. The quantitative estimate of drug-likeness (QED) is 0.774. The number of aliphatic hydroxyl groups excluding tert-OH is 1. The van der Waals surface area contributed by atoms with Gasteiger partial charge in [-0.3, -0.25) is 0 Å². The summed E-state index contributed by atoms with van der Waals surface area (Å²) in [6, 6.07) is 0. The molecule has 4 atom stereocenters. The first-order chi connectivity index (χ1) is 7.43. The number of hydrogen-bond donors (Lipinski definition) is 1. The van der Waals surface area contributed by atoms with E-state index in [1.165, 1.54) is 0 Å². The Kier molecular flexibility index (Phi) is 3.25. The van der Waals surface area contributed by atoms with Crippen LogP contribution in [0.2, 0.25) is 0 Å². The summed E-state index contributed by atoms with van der Waals surface area (Å²) in [7, 11) is 0. The van der Waals surface area contributed by atoms with Gasteiger partial charge in [0.25, 0.3) is 0 Å². The topological polar surface area (TPSA) is 57.2 Å². The molecule has 0 amide bonds. The predicted octanol–water partition coefficient (Wildman–Crippen LogP) is 0.649. The molecule has 5 heteroatoms. The Morgan fingerprint density at radius 1 is 1.25 bits per heavy atom. The molecule has 94 valence electrons. The molecular formula is C11H20O5. The van der Waals surface area contributed by atoms with Gasteiger partial charge < -0.3 is 24.1 Å². The smallest absolute Gasteiger partial charge is 0.187 e. The van der Waals surface area contributed by atoms with E-state index in [1.807, 2.05) is 27.7 Å². The molecule has 2 saturated heterocycles. The van der Waals surface area contributed by atoms with Crippen LogP contribution in [0.1, 0.15) is 27.7 Å². The minimum Gasteiger partial charge on any atom is -0.394 e. The highest BCUT2D eigenvalue weighted by atomic mass is 16.8. The van der Waals surface area contributed by atoms with Crippen molar-refractivity contribution in [2.24, 2.45) is 0 Å². The van der Waals surface area contributed by atoms with E-state index in [4.69, 9.17) is 18.9 Å². The van der Waals surface area contributed by atoms with E-state index in [0.29, 0.717) is 0 Å². The Morgan fingerprint density at radius 2 is 1.88 bits per heavy atom. The molecule has 2 rings (SSSR count). The van der Waals surface area contributed by atoms with Gasteiger partial charge in [-0.25, -0.2) is 0 Å². The van der Waals surface area contributed by atoms with Crippen LogP contribution in [0.4, 0.5) is 0 Å². The molecule has 0 aromatic rings. The van der Waals surface area contributed by atoms with Gasteiger partial charge in [-0.1, -0.05) is 0 Å². The molecule has 16 heavy (non-hydrogen) atoms. The fourth-order valence-electron chi connectivity index (χ4n) is 2.17. The lowest BCUT2D eigenvalue weighted by Gasteiger charge is -2.24. The molecule has 5 nitrogen and oxygen atoms in total. The molecule has 0 saturated carbocycles. The second-order valence-corrected chi connectivity index (χ2v) is 4.98. The molecule has 2 heterocycles. The molecule has 0 unspecified atom stereocenters. The lowest BCUT2D eigenvalue weighted by Crippen LogP contribution is -2.33. The number of ether oxygens (including phenoxy) is 4. The largest absolute Gasteiger partial charge is 0.394 e. The zero-order valence-electron chi connectivity index (χ0n) is 10.2. The van der Waals surface area contributed by atoms with Crippen LogP contribution in [0.25, 0.3) is 0 Å². The molecule has 2 aliphatic heterocycles. The Hall–Kier alpha value is -0.200. The molecule has 1 N–H and O–H groups in total. The van der Waals surface area contributed by atoms with Crippen molar-refractivity contribution in [3.63, 3.8) is 0 Å². The minimum absolute atomic E-state index is 0.0513. The average molecular weight is 232 g/mol. The van der Waals surface area contributed by atoms with Gasteiger partial charge >= 0.3 is 0 Å². The van der Waals surface area contributed by atoms with E-state index < -0.39 is 12.1 Å². The molecule has 0 aromatic heterocycles.